The van der Waals surface area contributed by atoms with Crippen LogP contribution in [-0.4, -0.2) is 19.5 Å². The summed E-state index contributed by atoms with van der Waals surface area (Å²) in [7, 11) is 0. The second-order valence-electron chi connectivity index (χ2n) is 3.06. The van der Waals surface area contributed by atoms with E-state index >= 15 is 0 Å². The molecule has 86 valence electrons. The van der Waals surface area contributed by atoms with Crippen molar-refractivity contribution in [3.8, 4) is 11.5 Å². The van der Waals surface area contributed by atoms with Crippen molar-refractivity contribution in [2.75, 3.05) is 13.2 Å². The molecule has 0 fully saturated rings. The molecule has 0 bridgehead atoms. The Bertz CT molecular complexity index is 388. The lowest BCUT2D eigenvalue weighted by atomic mass is 10.2. The molecule has 0 atom stereocenters. The minimum Gasteiger partial charge on any atom is -0.490 e. The van der Waals surface area contributed by atoms with Gasteiger partial charge in [0.1, 0.15) is 12.9 Å². The van der Waals surface area contributed by atoms with Crippen LogP contribution in [0.2, 0.25) is 0 Å². The first-order valence-electron chi connectivity index (χ1n) is 4.85. The van der Waals surface area contributed by atoms with Gasteiger partial charge in [0.05, 0.1) is 6.61 Å². The van der Waals surface area contributed by atoms with Crippen molar-refractivity contribution < 1.29 is 14.3 Å². The van der Waals surface area contributed by atoms with E-state index in [-0.39, 0.29) is 6.61 Å². The summed E-state index contributed by atoms with van der Waals surface area (Å²) in [4.78, 5) is 10.6. The standard InChI is InChI=1S/C12H13ClO3/c1-3-15-12-6-10(7-14)4-5-11(12)16-8-9(2)13/h4-7H,2-3,8H2,1H3. The summed E-state index contributed by atoms with van der Waals surface area (Å²) in [5, 5.41) is 0.405. The summed E-state index contributed by atoms with van der Waals surface area (Å²) in [6, 6.07) is 4.96. The Kier molecular flexibility index (Phi) is 4.86. The normalized spacial score (nSPS) is 9.62. The zero-order valence-corrected chi connectivity index (χ0v) is 9.79. The Balaban J connectivity index is 2.88. The molecule has 0 aliphatic heterocycles. The van der Waals surface area contributed by atoms with E-state index in [1.165, 1.54) is 0 Å². The molecule has 1 rings (SSSR count). The van der Waals surface area contributed by atoms with E-state index in [0.29, 0.717) is 28.7 Å². The molecular formula is C12H13ClO3. The molecule has 0 spiro atoms. The summed E-state index contributed by atoms with van der Waals surface area (Å²) in [6.45, 7) is 6.09. The number of halogens is 1. The topological polar surface area (TPSA) is 35.5 Å². The fraction of sp³-hybridized carbons (Fsp3) is 0.250. The number of aldehydes is 1. The van der Waals surface area contributed by atoms with Crippen LogP contribution in [-0.2, 0) is 0 Å². The summed E-state index contributed by atoms with van der Waals surface area (Å²) in [6.07, 6.45) is 0.757. The number of carbonyl (C=O) groups excluding carboxylic acids is 1. The molecule has 0 amide bonds. The van der Waals surface area contributed by atoms with E-state index in [1.807, 2.05) is 6.92 Å². The summed E-state index contributed by atoms with van der Waals surface area (Å²) >= 11 is 5.60. The molecule has 0 aliphatic carbocycles. The monoisotopic (exact) mass is 240 g/mol. The molecule has 0 aliphatic rings. The Labute approximate surface area is 99.6 Å². The third-order valence-corrected chi connectivity index (χ3v) is 1.90. The van der Waals surface area contributed by atoms with E-state index in [2.05, 4.69) is 6.58 Å². The largest absolute Gasteiger partial charge is 0.490 e. The molecule has 0 aromatic heterocycles. The predicted molar refractivity (Wildman–Crippen MR) is 63.5 cm³/mol. The van der Waals surface area contributed by atoms with Gasteiger partial charge < -0.3 is 9.47 Å². The fourth-order valence-electron chi connectivity index (χ4n) is 1.14. The van der Waals surface area contributed by atoms with Crippen molar-refractivity contribution in [3.05, 3.63) is 35.4 Å². The highest BCUT2D eigenvalue weighted by Crippen LogP contribution is 2.28. The maximum atomic E-state index is 10.6. The van der Waals surface area contributed by atoms with Gasteiger partial charge in [-0.1, -0.05) is 18.2 Å². The van der Waals surface area contributed by atoms with Gasteiger partial charge in [0.25, 0.3) is 0 Å². The molecule has 1 aromatic carbocycles. The van der Waals surface area contributed by atoms with Crippen molar-refractivity contribution in [1.29, 1.82) is 0 Å². The van der Waals surface area contributed by atoms with E-state index in [1.54, 1.807) is 18.2 Å². The molecule has 1 aromatic rings. The summed E-state index contributed by atoms with van der Waals surface area (Å²) in [5.41, 5.74) is 0.542. The van der Waals surface area contributed by atoms with Gasteiger partial charge in [0.15, 0.2) is 11.5 Å². The third-order valence-electron chi connectivity index (χ3n) is 1.79. The zero-order chi connectivity index (χ0) is 12.0. The Morgan fingerprint density at radius 1 is 1.44 bits per heavy atom. The summed E-state index contributed by atoms with van der Waals surface area (Å²) in [5.74, 6) is 1.08. The fourth-order valence-corrected chi connectivity index (χ4v) is 1.20. The molecule has 0 saturated carbocycles. The second kappa shape index (κ2) is 6.18. The molecule has 3 nitrogen and oxygen atoms in total. The third kappa shape index (κ3) is 3.59. The number of rotatable bonds is 6. The van der Waals surface area contributed by atoms with Gasteiger partial charge in [-0.3, -0.25) is 4.79 Å². The molecule has 0 heterocycles. The van der Waals surface area contributed by atoms with Crippen molar-refractivity contribution in [2.24, 2.45) is 0 Å². The minimum absolute atomic E-state index is 0.210. The van der Waals surface area contributed by atoms with Crippen LogP contribution in [0.25, 0.3) is 0 Å². The minimum atomic E-state index is 0.210. The number of hydrogen-bond donors (Lipinski definition) is 0. The Morgan fingerprint density at radius 3 is 2.75 bits per heavy atom. The van der Waals surface area contributed by atoms with Crippen LogP contribution in [0.3, 0.4) is 0 Å². The average molecular weight is 241 g/mol. The van der Waals surface area contributed by atoms with Crippen molar-refractivity contribution in [2.45, 2.75) is 6.92 Å². The number of ether oxygens (including phenoxy) is 2. The van der Waals surface area contributed by atoms with Crippen molar-refractivity contribution >= 4 is 17.9 Å². The van der Waals surface area contributed by atoms with Crippen LogP contribution in [0, 0.1) is 0 Å². The van der Waals surface area contributed by atoms with Crippen LogP contribution in [0.15, 0.2) is 29.8 Å². The molecule has 0 saturated heterocycles. The van der Waals surface area contributed by atoms with Gasteiger partial charge in [-0.15, -0.1) is 0 Å². The van der Waals surface area contributed by atoms with Crippen molar-refractivity contribution in [1.82, 2.24) is 0 Å². The van der Waals surface area contributed by atoms with Gasteiger partial charge in [-0.2, -0.15) is 0 Å². The lowest BCUT2D eigenvalue weighted by Crippen LogP contribution is -2.01. The lowest BCUT2D eigenvalue weighted by Gasteiger charge is -2.11. The second-order valence-corrected chi connectivity index (χ2v) is 3.60. The van der Waals surface area contributed by atoms with Gasteiger partial charge >= 0.3 is 0 Å². The smallest absolute Gasteiger partial charge is 0.161 e. The first-order chi connectivity index (χ1) is 7.67. The van der Waals surface area contributed by atoms with Gasteiger partial charge in [0, 0.05) is 10.6 Å². The zero-order valence-electron chi connectivity index (χ0n) is 9.03. The first kappa shape index (κ1) is 12.6. The summed E-state index contributed by atoms with van der Waals surface area (Å²) < 4.78 is 10.7. The van der Waals surface area contributed by atoms with Crippen molar-refractivity contribution in [3.63, 3.8) is 0 Å². The van der Waals surface area contributed by atoms with Crippen LogP contribution < -0.4 is 9.47 Å². The maximum Gasteiger partial charge on any atom is 0.161 e. The predicted octanol–water partition coefficient (Wildman–Crippen LogP) is 3.03. The molecule has 0 unspecified atom stereocenters. The van der Waals surface area contributed by atoms with E-state index < -0.39 is 0 Å². The van der Waals surface area contributed by atoms with E-state index in [9.17, 15) is 4.79 Å². The molecule has 4 heteroatoms. The Morgan fingerprint density at radius 2 is 2.19 bits per heavy atom. The molecular weight excluding hydrogens is 228 g/mol. The SMILES string of the molecule is C=C(Cl)COc1ccc(C=O)cc1OCC. The van der Waals surface area contributed by atoms with Crippen LogP contribution in [0.1, 0.15) is 17.3 Å². The highest BCUT2D eigenvalue weighted by molar-refractivity contribution is 6.29. The molecule has 0 radical (unpaired) electrons. The van der Waals surface area contributed by atoms with Crippen LogP contribution in [0.5, 0.6) is 11.5 Å². The number of carbonyl (C=O) groups is 1. The maximum absolute atomic E-state index is 10.6. The first-order valence-corrected chi connectivity index (χ1v) is 5.23. The van der Waals surface area contributed by atoms with Crippen LogP contribution >= 0.6 is 11.6 Å². The number of hydrogen-bond acceptors (Lipinski definition) is 3. The highest BCUT2D eigenvalue weighted by Gasteiger charge is 2.06. The quantitative estimate of drug-likeness (QED) is 0.717. The Hall–Kier alpha value is -1.48. The average Bonchev–Trinajstić information content (AvgIpc) is 2.27. The molecule has 16 heavy (non-hydrogen) atoms. The van der Waals surface area contributed by atoms with E-state index in [4.69, 9.17) is 21.1 Å². The van der Waals surface area contributed by atoms with Gasteiger partial charge in [0.2, 0.25) is 0 Å². The van der Waals surface area contributed by atoms with Gasteiger partial charge in [-0.05, 0) is 25.1 Å². The lowest BCUT2D eigenvalue weighted by molar-refractivity contribution is 0.112. The van der Waals surface area contributed by atoms with E-state index in [0.717, 1.165) is 6.29 Å². The van der Waals surface area contributed by atoms with Gasteiger partial charge in [-0.25, -0.2) is 0 Å². The van der Waals surface area contributed by atoms with Crippen LogP contribution in [0.4, 0.5) is 0 Å². The number of benzene rings is 1. The molecule has 0 N–H and O–H groups in total. The highest BCUT2D eigenvalue weighted by atomic mass is 35.5.